The Morgan fingerprint density at radius 3 is 2.62 bits per heavy atom. The molecule has 2 N–H and O–H groups in total. The zero-order chi connectivity index (χ0) is 22.5. The Bertz CT molecular complexity index is 989. The molecule has 1 saturated heterocycles. The first-order valence-electron chi connectivity index (χ1n) is 11.2. The molecule has 4 rings (SSSR count). The van der Waals surface area contributed by atoms with E-state index in [2.05, 4.69) is 16.3 Å². The summed E-state index contributed by atoms with van der Waals surface area (Å²) in [5.41, 5.74) is 2.41. The third-order valence-corrected chi connectivity index (χ3v) is 6.33. The molecular weight excluding hydrogens is 412 g/mol. The largest absolute Gasteiger partial charge is 0.508 e. The van der Waals surface area contributed by atoms with Crippen LogP contribution in [0, 0.1) is 11.6 Å². The van der Waals surface area contributed by atoms with E-state index in [1.54, 1.807) is 12.1 Å². The fourth-order valence-corrected chi connectivity index (χ4v) is 4.55. The Balaban J connectivity index is 1.47. The summed E-state index contributed by atoms with van der Waals surface area (Å²) in [7, 11) is 0. The third kappa shape index (κ3) is 5.46. The number of hydrogen-bond donors (Lipinski definition) is 2. The number of nitrogens with one attached hydrogen (secondary N) is 1. The van der Waals surface area contributed by atoms with Gasteiger partial charge in [0.15, 0.2) is 11.6 Å². The number of likely N-dealkylation sites (tertiary alicyclic amines) is 1. The molecule has 0 saturated carbocycles. The van der Waals surface area contributed by atoms with Crippen molar-refractivity contribution < 1.29 is 18.7 Å². The number of urea groups is 1. The molecule has 1 heterocycles. The molecule has 2 amide bonds. The Morgan fingerprint density at radius 1 is 1.12 bits per heavy atom. The number of allylic oxidation sites excluding steroid dienone is 1. The Hall–Kier alpha value is -2.93. The summed E-state index contributed by atoms with van der Waals surface area (Å²) in [5, 5.41) is 12.5. The van der Waals surface area contributed by atoms with E-state index in [9.17, 15) is 18.7 Å². The van der Waals surface area contributed by atoms with Crippen LogP contribution in [0.15, 0.2) is 48.5 Å². The molecule has 7 heteroatoms. The fourth-order valence-electron chi connectivity index (χ4n) is 4.55. The summed E-state index contributed by atoms with van der Waals surface area (Å²) in [4.78, 5) is 17.3. The molecule has 1 aliphatic heterocycles. The first kappa shape index (κ1) is 22.3. The zero-order valence-electron chi connectivity index (χ0n) is 18.1. The second kappa shape index (κ2) is 10.1. The van der Waals surface area contributed by atoms with Gasteiger partial charge in [-0.2, -0.15) is 0 Å². The van der Waals surface area contributed by atoms with Crippen molar-refractivity contribution in [3.63, 3.8) is 0 Å². The number of anilines is 1. The molecule has 2 aliphatic rings. The van der Waals surface area contributed by atoms with Crippen molar-refractivity contribution in [1.29, 1.82) is 0 Å². The number of phenolic OH excluding ortho intramolecular Hbond substituents is 1. The number of nitrogens with zero attached hydrogens (tertiary/aromatic N) is 2. The molecule has 1 fully saturated rings. The Morgan fingerprint density at radius 2 is 1.94 bits per heavy atom. The lowest BCUT2D eigenvalue weighted by Gasteiger charge is -2.35. The number of amides is 2. The van der Waals surface area contributed by atoms with Crippen molar-refractivity contribution in [2.24, 2.45) is 0 Å². The highest BCUT2D eigenvalue weighted by Gasteiger charge is 2.27. The van der Waals surface area contributed by atoms with Crippen molar-refractivity contribution in [2.45, 2.75) is 38.1 Å². The van der Waals surface area contributed by atoms with E-state index in [1.807, 2.05) is 17.0 Å². The predicted octanol–water partition coefficient (Wildman–Crippen LogP) is 5.24. The maximum atomic E-state index is 13.6. The van der Waals surface area contributed by atoms with Gasteiger partial charge >= 0.3 is 6.03 Å². The fraction of sp³-hybridized carbons (Fsp3) is 0.400. The van der Waals surface area contributed by atoms with Crippen LogP contribution in [0.25, 0.3) is 5.57 Å². The number of phenols is 1. The average molecular weight is 442 g/mol. The zero-order valence-corrected chi connectivity index (χ0v) is 18.1. The lowest BCUT2D eigenvalue weighted by Crippen LogP contribution is -2.47. The smallest absolute Gasteiger partial charge is 0.322 e. The van der Waals surface area contributed by atoms with Gasteiger partial charge in [0.05, 0.1) is 0 Å². The van der Waals surface area contributed by atoms with E-state index >= 15 is 0 Å². The first-order chi connectivity index (χ1) is 15.5. The third-order valence-electron chi connectivity index (χ3n) is 6.33. The molecule has 0 bridgehead atoms. The van der Waals surface area contributed by atoms with Crippen LogP contribution in [-0.4, -0.2) is 53.2 Å². The maximum Gasteiger partial charge on any atom is 0.322 e. The molecule has 5 nitrogen and oxygen atoms in total. The second-order valence-corrected chi connectivity index (χ2v) is 8.51. The van der Waals surface area contributed by atoms with E-state index in [1.165, 1.54) is 18.9 Å². The summed E-state index contributed by atoms with van der Waals surface area (Å²) in [6.07, 6.45) is 6.80. The van der Waals surface area contributed by atoms with Crippen molar-refractivity contribution in [3.05, 3.63) is 65.7 Å². The number of halogens is 2. The van der Waals surface area contributed by atoms with E-state index in [0.29, 0.717) is 13.0 Å². The summed E-state index contributed by atoms with van der Waals surface area (Å²) in [6.45, 7) is 3.47. The minimum Gasteiger partial charge on any atom is -0.508 e. The van der Waals surface area contributed by atoms with Gasteiger partial charge in [0.25, 0.3) is 0 Å². The van der Waals surface area contributed by atoms with E-state index in [4.69, 9.17) is 0 Å². The van der Waals surface area contributed by atoms with Crippen LogP contribution < -0.4 is 5.32 Å². The molecule has 0 aromatic heterocycles. The summed E-state index contributed by atoms with van der Waals surface area (Å²) in [5.74, 6) is -1.68. The highest BCUT2D eigenvalue weighted by Crippen LogP contribution is 2.31. The predicted molar refractivity (Wildman–Crippen MR) is 121 cm³/mol. The quantitative estimate of drug-likeness (QED) is 0.645. The molecule has 1 aliphatic carbocycles. The van der Waals surface area contributed by atoms with Crippen molar-refractivity contribution in [2.75, 3.05) is 31.5 Å². The van der Waals surface area contributed by atoms with Gasteiger partial charge < -0.3 is 20.2 Å². The van der Waals surface area contributed by atoms with Crippen molar-refractivity contribution in [1.82, 2.24) is 9.80 Å². The van der Waals surface area contributed by atoms with Crippen LogP contribution in [0.1, 0.15) is 37.7 Å². The normalized spacial score (nSPS) is 18.9. The summed E-state index contributed by atoms with van der Waals surface area (Å²) >= 11 is 0. The highest BCUT2D eigenvalue weighted by atomic mass is 19.2. The number of carbonyl (C=O) groups excluding carboxylic acids is 1. The molecule has 0 radical (unpaired) electrons. The van der Waals surface area contributed by atoms with Gasteiger partial charge in [0.2, 0.25) is 0 Å². The number of hydrogen-bond acceptors (Lipinski definition) is 3. The topological polar surface area (TPSA) is 55.8 Å². The van der Waals surface area contributed by atoms with Gasteiger partial charge in [-0.3, -0.25) is 0 Å². The van der Waals surface area contributed by atoms with Crippen molar-refractivity contribution >= 4 is 17.3 Å². The van der Waals surface area contributed by atoms with Crippen LogP contribution in [0.3, 0.4) is 0 Å². The van der Waals surface area contributed by atoms with Gasteiger partial charge in [-0.05, 0) is 80.6 Å². The molecule has 1 unspecified atom stereocenters. The molecule has 2 aromatic carbocycles. The molecule has 2 aromatic rings. The van der Waals surface area contributed by atoms with Crippen LogP contribution in [0.4, 0.5) is 19.3 Å². The van der Waals surface area contributed by atoms with E-state index < -0.39 is 11.6 Å². The van der Waals surface area contributed by atoms with Crippen LogP contribution in [0.5, 0.6) is 5.75 Å². The minimum absolute atomic E-state index is 0.0176. The van der Waals surface area contributed by atoms with E-state index in [-0.39, 0.29) is 23.5 Å². The number of rotatable bonds is 6. The van der Waals surface area contributed by atoms with Gasteiger partial charge in [-0.15, -0.1) is 0 Å². The van der Waals surface area contributed by atoms with Crippen molar-refractivity contribution in [3.8, 4) is 5.75 Å². The molecule has 1 atom stereocenters. The van der Waals surface area contributed by atoms with Crippen LogP contribution in [-0.2, 0) is 0 Å². The maximum absolute atomic E-state index is 13.6. The summed E-state index contributed by atoms with van der Waals surface area (Å²) < 4.78 is 26.9. The monoisotopic (exact) mass is 441 g/mol. The summed E-state index contributed by atoms with van der Waals surface area (Å²) in [6, 6.07) is 10.3. The molecule has 32 heavy (non-hydrogen) atoms. The number of benzene rings is 2. The molecule has 170 valence electrons. The van der Waals surface area contributed by atoms with Crippen LogP contribution in [0.2, 0.25) is 0 Å². The standard InChI is InChI=1S/C25H29F2N3O2/c26-23-11-8-20(17-24(23)27)28-25(32)30(15-14-29-12-1-2-13-29)21-9-6-18(7-10-21)19-4-3-5-22(31)16-19/h3-6,8,11,16-17,21,31H,1-2,7,9-10,12-15H2,(H,28,32). The van der Waals surface area contributed by atoms with Gasteiger partial charge in [0.1, 0.15) is 5.75 Å². The SMILES string of the molecule is O=C(Nc1ccc(F)c(F)c1)N(CCN1CCCC1)C1CC=C(c2cccc(O)c2)CC1. The van der Waals surface area contributed by atoms with E-state index in [0.717, 1.165) is 55.7 Å². The minimum atomic E-state index is -0.984. The lowest BCUT2D eigenvalue weighted by atomic mass is 9.90. The van der Waals surface area contributed by atoms with Gasteiger partial charge in [0, 0.05) is 30.9 Å². The number of carbonyl (C=O) groups is 1. The highest BCUT2D eigenvalue weighted by molar-refractivity contribution is 5.89. The van der Waals surface area contributed by atoms with Gasteiger partial charge in [-0.25, -0.2) is 13.6 Å². The second-order valence-electron chi connectivity index (χ2n) is 8.51. The Labute approximate surface area is 187 Å². The van der Waals surface area contributed by atoms with Gasteiger partial charge in [-0.1, -0.05) is 18.2 Å². The molecule has 0 spiro atoms. The average Bonchev–Trinajstić information content (AvgIpc) is 3.30. The van der Waals surface area contributed by atoms with Crippen LogP contribution >= 0.6 is 0 Å². The number of aromatic hydroxyl groups is 1. The Kier molecular flexibility index (Phi) is 7.05. The molecular formula is C25H29F2N3O2. The first-order valence-corrected chi connectivity index (χ1v) is 11.2. The lowest BCUT2D eigenvalue weighted by molar-refractivity contribution is 0.170.